The zero-order valence-corrected chi connectivity index (χ0v) is 15.5. The molecule has 0 radical (unpaired) electrons. The number of hydrogen-bond acceptors (Lipinski definition) is 5. The Hall–Kier alpha value is -2.41. The summed E-state index contributed by atoms with van der Waals surface area (Å²) >= 11 is 0. The summed E-state index contributed by atoms with van der Waals surface area (Å²) in [6, 6.07) is 9.34. The highest BCUT2D eigenvalue weighted by Crippen LogP contribution is 2.40. The van der Waals surface area contributed by atoms with Gasteiger partial charge in [0.1, 0.15) is 11.4 Å². The number of sulfone groups is 1. The number of benzene rings is 1. The zero-order valence-electron chi connectivity index (χ0n) is 14.7. The second-order valence-corrected chi connectivity index (χ2v) is 9.17. The summed E-state index contributed by atoms with van der Waals surface area (Å²) < 4.78 is 29.6. The van der Waals surface area contributed by atoms with Gasteiger partial charge < -0.3 is 9.64 Å². The van der Waals surface area contributed by atoms with E-state index in [1.54, 1.807) is 23.2 Å². The highest BCUT2D eigenvalue weighted by Gasteiger charge is 2.50. The summed E-state index contributed by atoms with van der Waals surface area (Å²) in [4.78, 5) is 18.7. The van der Waals surface area contributed by atoms with Gasteiger partial charge in [0.15, 0.2) is 9.84 Å². The Bertz CT molecular complexity index is 987. The van der Waals surface area contributed by atoms with Gasteiger partial charge in [-0.05, 0) is 43.2 Å². The molecule has 2 saturated heterocycles. The van der Waals surface area contributed by atoms with Crippen molar-refractivity contribution in [2.24, 2.45) is 11.8 Å². The molecule has 0 unspecified atom stereocenters. The highest BCUT2D eigenvalue weighted by atomic mass is 32.2. The normalized spacial score (nSPS) is 23.9. The predicted octanol–water partition coefficient (Wildman–Crippen LogP) is 2.50. The van der Waals surface area contributed by atoms with Crippen molar-refractivity contribution in [2.75, 3.05) is 23.0 Å². The summed E-state index contributed by atoms with van der Waals surface area (Å²) in [5, 5.41) is 0. The molecule has 2 aromatic rings. The number of aromatic nitrogens is 1. The molecule has 2 fully saturated rings. The number of amides is 1. The number of rotatable bonds is 3. The van der Waals surface area contributed by atoms with Crippen LogP contribution in [0.1, 0.15) is 11.1 Å². The first-order chi connectivity index (χ1) is 12.4. The van der Waals surface area contributed by atoms with Crippen molar-refractivity contribution in [3.8, 4) is 11.6 Å². The lowest BCUT2D eigenvalue weighted by atomic mass is 10.0. The van der Waals surface area contributed by atoms with Crippen molar-refractivity contribution in [2.45, 2.75) is 13.8 Å². The van der Waals surface area contributed by atoms with E-state index in [-0.39, 0.29) is 23.3 Å². The maximum Gasteiger partial charge on any atom is 0.243 e. The van der Waals surface area contributed by atoms with Crippen molar-refractivity contribution in [1.29, 1.82) is 0 Å². The standard InChI is InChI=1S/C19H20N2O4S/c1-12-5-3-7-17(13(12)2)25-18-16(6-4-8-20-18)21-9-14-10-26(23,24)11-15(14)19(21)22/h3-8,14-15H,9-11H2,1-2H3/t14-,15+/m1/s1. The average molecular weight is 372 g/mol. The molecule has 4 rings (SSSR count). The minimum Gasteiger partial charge on any atom is -0.437 e. The van der Waals surface area contributed by atoms with Crippen LogP contribution in [0.4, 0.5) is 5.69 Å². The maximum atomic E-state index is 12.8. The van der Waals surface area contributed by atoms with E-state index >= 15 is 0 Å². The molecule has 2 aliphatic rings. The van der Waals surface area contributed by atoms with E-state index in [2.05, 4.69) is 4.98 Å². The van der Waals surface area contributed by atoms with Crippen molar-refractivity contribution < 1.29 is 17.9 Å². The molecule has 1 amide bonds. The van der Waals surface area contributed by atoms with E-state index in [1.165, 1.54) is 0 Å². The molecule has 0 spiro atoms. The van der Waals surface area contributed by atoms with Gasteiger partial charge in [-0.15, -0.1) is 0 Å². The van der Waals surface area contributed by atoms with Crippen LogP contribution in [0.2, 0.25) is 0 Å². The van der Waals surface area contributed by atoms with E-state index in [0.717, 1.165) is 11.1 Å². The molecule has 136 valence electrons. The predicted molar refractivity (Wildman–Crippen MR) is 98.2 cm³/mol. The van der Waals surface area contributed by atoms with Crippen molar-refractivity contribution in [3.63, 3.8) is 0 Å². The second kappa shape index (κ2) is 6.09. The molecule has 26 heavy (non-hydrogen) atoms. The van der Waals surface area contributed by atoms with Crippen LogP contribution in [0.25, 0.3) is 0 Å². The molecule has 0 saturated carbocycles. The lowest BCUT2D eigenvalue weighted by Gasteiger charge is -2.20. The molecule has 1 aromatic carbocycles. The van der Waals surface area contributed by atoms with Crippen molar-refractivity contribution in [1.82, 2.24) is 4.98 Å². The minimum atomic E-state index is -3.11. The van der Waals surface area contributed by atoms with Gasteiger partial charge in [-0.25, -0.2) is 13.4 Å². The Morgan fingerprint density at radius 2 is 1.96 bits per heavy atom. The molecular formula is C19H20N2O4S. The summed E-state index contributed by atoms with van der Waals surface area (Å²) in [5.41, 5.74) is 2.71. The minimum absolute atomic E-state index is 0.0551. The maximum absolute atomic E-state index is 12.8. The topological polar surface area (TPSA) is 76.6 Å². The number of anilines is 1. The van der Waals surface area contributed by atoms with Crippen LogP contribution in [0.15, 0.2) is 36.5 Å². The van der Waals surface area contributed by atoms with Crippen LogP contribution < -0.4 is 9.64 Å². The summed E-state index contributed by atoms with van der Waals surface area (Å²) in [6.45, 7) is 4.37. The number of fused-ring (bicyclic) bond motifs is 1. The number of hydrogen-bond donors (Lipinski definition) is 0. The SMILES string of the molecule is Cc1cccc(Oc2ncccc2N2C[C@@H]3CS(=O)(=O)C[C@@H]3C2=O)c1C. The van der Waals surface area contributed by atoms with Crippen molar-refractivity contribution >= 4 is 21.4 Å². The van der Waals surface area contributed by atoms with Crippen LogP contribution in [-0.2, 0) is 14.6 Å². The van der Waals surface area contributed by atoms with Crippen LogP contribution in [0.3, 0.4) is 0 Å². The molecular weight excluding hydrogens is 352 g/mol. The number of pyridine rings is 1. The number of nitrogens with zero attached hydrogens (tertiary/aromatic N) is 2. The van der Waals surface area contributed by atoms with Crippen LogP contribution in [0.5, 0.6) is 11.6 Å². The van der Waals surface area contributed by atoms with Crippen LogP contribution >= 0.6 is 0 Å². The Morgan fingerprint density at radius 3 is 2.73 bits per heavy atom. The van der Waals surface area contributed by atoms with Crippen LogP contribution in [0, 0.1) is 25.7 Å². The van der Waals surface area contributed by atoms with E-state index in [1.807, 2.05) is 32.0 Å². The molecule has 2 atom stereocenters. The average Bonchev–Trinajstić information content (AvgIpc) is 3.05. The Kier molecular flexibility index (Phi) is 3.99. The first-order valence-electron chi connectivity index (χ1n) is 8.56. The monoisotopic (exact) mass is 372 g/mol. The fourth-order valence-corrected chi connectivity index (χ4v) is 5.81. The Labute approximate surface area is 152 Å². The van der Waals surface area contributed by atoms with Gasteiger partial charge in [0.2, 0.25) is 11.8 Å². The number of aryl methyl sites for hydroxylation is 1. The van der Waals surface area contributed by atoms with Gasteiger partial charge in [0, 0.05) is 18.7 Å². The van der Waals surface area contributed by atoms with Gasteiger partial charge in [-0.1, -0.05) is 12.1 Å². The largest absolute Gasteiger partial charge is 0.437 e. The van der Waals surface area contributed by atoms with Crippen LogP contribution in [-0.4, -0.2) is 37.4 Å². The first kappa shape index (κ1) is 17.0. The van der Waals surface area contributed by atoms with E-state index in [0.29, 0.717) is 23.9 Å². The lowest BCUT2D eigenvalue weighted by Crippen LogP contribution is -2.30. The molecule has 0 bridgehead atoms. The lowest BCUT2D eigenvalue weighted by molar-refractivity contribution is -0.120. The van der Waals surface area contributed by atoms with Crippen molar-refractivity contribution in [3.05, 3.63) is 47.7 Å². The fourth-order valence-electron chi connectivity index (χ4n) is 3.72. The van der Waals surface area contributed by atoms with Gasteiger partial charge in [-0.3, -0.25) is 4.79 Å². The molecule has 0 N–H and O–H groups in total. The Balaban J connectivity index is 1.65. The van der Waals surface area contributed by atoms with Gasteiger partial charge >= 0.3 is 0 Å². The first-order valence-corrected chi connectivity index (χ1v) is 10.4. The Morgan fingerprint density at radius 1 is 1.15 bits per heavy atom. The molecule has 1 aromatic heterocycles. The number of carbonyl (C=O) groups excluding carboxylic acids is 1. The molecule has 3 heterocycles. The zero-order chi connectivity index (χ0) is 18.5. The van der Waals surface area contributed by atoms with E-state index < -0.39 is 15.8 Å². The highest BCUT2D eigenvalue weighted by molar-refractivity contribution is 7.91. The number of ether oxygens (including phenoxy) is 1. The van der Waals surface area contributed by atoms with E-state index in [4.69, 9.17) is 4.74 Å². The van der Waals surface area contributed by atoms with Gasteiger partial charge in [0.25, 0.3) is 0 Å². The van der Waals surface area contributed by atoms with E-state index in [9.17, 15) is 13.2 Å². The summed E-state index contributed by atoms with van der Waals surface area (Å²) in [6.07, 6.45) is 1.62. The molecule has 7 heteroatoms. The second-order valence-electron chi connectivity index (χ2n) is 7.02. The summed E-state index contributed by atoms with van der Waals surface area (Å²) in [5.74, 6) is 0.315. The van der Waals surface area contributed by atoms with Gasteiger partial charge in [-0.2, -0.15) is 0 Å². The third-order valence-corrected chi connectivity index (χ3v) is 7.08. The third kappa shape index (κ3) is 2.86. The van der Waals surface area contributed by atoms with Gasteiger partial charge in [0.05, 0.1) is 17.4 Å². The quantitative estimate of drug-likeness (QED) is 0.827. The molecule has 6 nitrogen and oxygen atoms in total. The number of carbonyl (C=O) groups is 1. The molecule has 0 aliphatic carbocycles. The molecule has 2 aliphatic heterocycles. The smallest absolute Gasteiger partial charge is 0.243 e. The summed E-state index contributed by atoms with van der Waals surface area (Å²) in [7, 11) is -3.11. The third-order valence-electron chi connectivity index (χ3n) is 5.27. The fraction of sp³-hybridized carbons (Fsp3) is 0.368.